The molecule has 0 aliphatic carbocycles. The van der Waals surface area contributed by atoms with Crippen LogP contribution in [0.5, 0.6) is 11.5 Å². The Hall–Kier alpha value is -2.54. The minimum Gasteiger partial charge on any atom is -0.493 e. The van der Waals surface area contributed by atoms with E-state index in [0.717, 1.165) is 11.1 Å². The highest BCUT2D eigenvalue weighted by Gasteiger charge is 2.15. The fourth-order valence-electron chi connectivity index (χ4n) is 2.21. The molecule has 4 heteroatoms. The molecule has 0 amide bonds. The molecule has 0 heterocycles. The summed E-state index contributed by atoms with van der Waals surface area (Å²) < 4.78 is 23.6. The monoisotopic (exact) mass is 285 g/mol. The number of ether oxygens (including phenoxy) is 2. The van der Waals surface area contributed by atoms with Gasteiger partial charge < -0.3 is 9.47 Å². The fraction of sp³-hybridized carbons (Fsp3) is 0.235. The molecule has 3 nitrogen and oxygen atoms in total. The lowest BCUT2D eigenvalue weighted by Gasteiger charge is -2.13. The summed E-state index contributed by atoms with van der Waals surface area (Å²) >= 11 is 0. The first-order valence-corrected chi connectivity index (χ1v) is 6.54. The Morgan fingerprint density at radius 3 is 2.48 bits per heavy atom. The molecule has 0 saturated heterocycles. The van der Waals surface area contributed by atoms with E-state index in [-0.39, 0.29) is 11.7 Å². The van der Waals surface area contributed by atoms with Gasteiger partial charge in [0.1, 0.15) is 5.82 Å². The first-order valence-electron chi connectivity index (χ1n) is 6.54. The third-order valence-electron chi connectivity index (χ3n) is 3.29. The van der Waals surface area contributed by atoms with Crippen molar-refractivity contribution in [1.82, 2.24) is 0 Å². The van der Waals surface area contributed by atoms with E-state index in [2.05, 4.69) is 6.07 Å². The Kier molecular flexibility index (Phi) is 4.78. The lowest BCUT2D eigenvalue weighted by Crippen LogP contribution is -2.02. The number of benzene rings is 2. The van der Waals surface area contributed by atoms with Gasteiger partial charge in [-0.15, -0.1) is 0 Å². The van der Waals surface area contributed by atoms with E-state index in [1.165, 1.54) is 12.1 Å². The van der Waals surface area contributed by atoms with Crippen LogP contribution in [-0.4, -0.2) is 14.2 Å². The van der Waals surface area contributed by atoms with Gasteiger partial charge in [0.05, 0.1) is 26.2 Å². The maximum atomic E-state index is 13.2. The number of nitrogens with zero attached hydrogens (tertiary/aromatic N) is 1. The largest absolute Gasteiger partial charge is 0.493 e. The number of hydrogen-bond donors (Lipinski definition) is 0. The summed E-state index contributed by atoms with van der Waals surface area (Å²) in [5.41, 5.74) is 1.61. The van der Waals surface area contributed by atoms with E-state index in [1.54, 1.807) is 32.4 Å². The van der Waals surface area contributed by atoms with Crippen molar-refractivity contribution in [3.63, 3.8) is 0 Å². The average Bonchev–Trinajstić information content (AvgIpc) is 2.52. The van der Waals surface area contributed by atoms with Crippen LogP contribution in [0.2, 0.25) is 0 Å². The summed E-state index contributed by atoms with van der Waals surface area (Å²) in [5, 5.41) is 9.38. The molecule has 108 valence electrons. The number of nitriles is 1. The highest BCUT2D eigenvalue weighted by molar-refractivity contribution is 5.45. The quantitative estimate of drug-likeness (QED) is 0.841. The number of halogens is 1. The average molecular weight is 285 g/mol. The molecule has 0 bridgehead atoms. The predicted octanol–water partition coefficient (Wildman–Crippen LogP) is 3.69. The molecule has 0 aromatic heterocycles. The summed E-state index contributed by atoms with van der Waals surface area (Å²) in [5.74, 6) is 0.529. The molecule has 0 fully saturated rings. The minimum absolute atomic E-state index is 0.295. The van der Waals surface area contributed by atoms with E-state index in [9.17, 15) is 9.65 Å². The molecule has 2 aromatic carbocycles. The van der Waals surface area contributed by atoms with Crippen LogP contribution in [0.4, 0.5) is 4.39 Å². The summed E-state index contributed by atoms with van der Waals surface area (Å²) in [6.45, 7) is 0. The highest BCUT2D eigenvalue weighted by Crippen LogP contribution is 2.31. The summed E-state index contributed by atoms with van der Waals surface area (Å²) in [6.07, 6.45) is 0.448. The highest BCUT2D eigenvalue weighted by atomic mass is 19.1. The topological polar surface area (TPSA) is 42.2 Å². The van der Waals surface area contributed by atoms with Gasteiger partial charge in [0.2, 0.25) is 0 Å². The van der Waals surface area contributed by atoms with Gasteiger partial charge in [-0.1, -0.05) is 18.2 Å². The van der Waals surface area contributed by atoms with Crippen molar-refractivity contribution in [3.8, 4) is 17.6 Å². The lowest BCUT2D eigenvalue weighted by molar-refractivity contribution is 0.354. The third kappa shape index (κ3) is 3.51. The SMILES string of the molecule is COc1ccc(C(C#N)Cc2cccc(F)c2)cc1OC. The molecule has 0 N–H and O–H groups in total. The van der Waals surface area contributed by atoms with Gasteiger partial charge in [-0.25, -0.2) is 4.39 Å². The first-order chi connectivity index (χ1) is 10.2. The van der Waals surface area contributed by atoms with Crippen LogP contribution in [-0.2, 0) is 6.42 Å². The number of methoxy groups -OCH3 is 2. The van der Waals surface area contributed by atoms with Gasteiger partial charge in [0.25, 0.3) is 0 Å². The molecule has 0 aliphatic heterocycles. The van der Waals surface area contributed by atoms with Crippen molar-refractivity contribution in [2.75, 3.05) is 14.2 Å². The van der Waals surface area contributed by atoms with E-state index in [1.807, 2.05) is 12.1 Å². The Labute approximate surface area is 123 Å². The molecule has 1 unspecified atom stereocenters. The lowest BCUT2D eigenvalue weighted by atomic mass is 9.93. The second-order valence-electron chi connectivity index (χ2n) is 4.63. The molecular weight excluding hydrogens is 269 g/mol. The van der Waals surface area contributed by atoms with Gasteiger partial charge in [-0.05, 0) is 41.8 Å². The van der Waals surface area contributed by atoms with E-state index in [0.29, 0.717) is 17.9 Å². The van der Waals surface area contributed by atoms with Gasteiger partial charge in [-0.2, -0.15) is 5.26 Å². The van der Waals surface area contributed by atoms with E-state index >= 15 is 0 Å². The van der Waals surface area contributed by atoms with Crippen LogP contribution < -0.4 is 9.47 Å². The van der Waals surface area contributed by atoms with Crippen molar-refractivity contribution in [2.24, 2.45) is 0 Å². The number of hydrogen-bond acceptors (Lipinski definition) is 3. The molecule has 0 aliphatic rings. The second-order valence-corrected chi connectivity index (χ2v) is 4.63. The molecule has 1 atom stereocenters. The van der Waals surface area contributed by atoms with Crippen molar-refractivity contribution in [3.05, 3.63) is 59.4 Å². The van der Waals surface area contributed by atoms with Gasteiger partial charge in [0, 0.05) is 0 Å². The zero-order valence-electron chi connectivity index (χ0n) is 12.0. The molecule has 0 spiro atoms. The third-order valence-corrected chi connectivity index (χ3v) is 3.29. The zero-order valence-corrected chi connectivity index (χ0v) is 12.0. The Bertz CT molecular complexity index is 664. The molecule has 21 heavy (non-hydrogen) atoms. The van der Waals surface area contributed by atoms with Crippen LogP contribution >= 0.6 is 0 Å². The zero-order chi connectivity index (χ0) is 15.2. The molecule has 0 radical (unpaired) electrons. The van der Waals surface area contributed by atoms with Crippen molar-refractivity contribution < 1.29 is 13.9 Å². The predicted molar refractivity (Wildman–Crippen MR) is 78.0 cm³/mol. The van der Waals surface area contributed by atoms with Gasteiger partial charge in [-0.3, -0.25) is 0 Å². The maximum absolute atomic E-state index is 13.2. The van der Waals surface area contributed by atoms with Crippen LogP contribution in [0.15, 0.2) is 42.5 Å². The fourth-order valence-corrected chi connectivity index (χ4v) is 2.21. The summed E-state index contributed by atoms with van der Waals surface area (Å²) in [6, 6.07) is 13.9. The van der Waals surface area contributed by atoms with Crippen molar-refractivity contribution in [1.29, 1.82) is 5.26 Å². The number of rotatable bonds is 5. The summed E-state index contributed by atoms with van der Waals surface area (Å²) in [4.78, 5) is 0. The van der Waals surface area contributed by atoms with Crippen LogP contribution in [0.1, 0.15) is 17.0 Å². The second kappa shape index (κ2) is 6.76. The smallest absolute Gasteiger partial charge is 0.161 e. The Morgan fingerprint density at radius 1 is 1.10 bits per heavy atom. The molecule has 2 aromatic rings. The van der Waals surface area contributed by atoms with E-state index < -0.39 is 0 Å². The van der Waals surface area contributed by atoms with Gasteiger partial charge >= 0.3 is 0 Å². The normalized spacial score (nSPS) is 11.5. The minimum atomic E-state index is -0.369. The summed E-state index contributed by atoms with van der Waals surface area (Å²) in [7, 11) is 3.11. The van der Waals surface area contributed by atoms with Crippen LogP contribution in [0.3, 0.4) is 0 Å². The molecular formula is C17H16FNO2. The van der Waals surface area contributed by atoms with Crippen molar-refractivity contribution >= 4 is 0 Å². The Morgan fingerprint density at radius 2 is 1.86 bits per heavy atom. The van der Waals surface area contributed by atoms with Crippen LogP contribution in [0, 0.1) is 17.1 Å². The first kappa shape index (κ1) is 14.9. The standard InChI is InChI=1S/C17H16FNO2/c1-20-16-7-6-13(10-17(16)21-2)14(11-19)8-12-4-3-5-15(18)9-12/h3-7,9-10,14H,8H2,1-2H3. The van der Waals surface area contributed by atoms with Crippen molar-refractivity contribution in [2.45, 2.75) is 12.3 Å². The maximum Gasteiger partial charge on any atom is 0.161 e. The van der Waals surface area contributed by atoms with Gasteiger partial charge in [0.15, 0.2) is 11.5 Å². The molecule has 0 saturated carbocycles. The van der Waals surface area contributed by atoms with E-state index in [4.69, 9.17) is 9.47 Å². The van der Waals surface area contributed by atoms with Crippen LogP contribution in [0.25, 0.3) is 0 Å². The molecule has 2 rings (SSSR count). The Balaban J connectivity index is 2.27.